The molecule has 2 rings (SSSR count). The average Bonchev–Trinajstić information content (AvgIpc) is 2.44. The molecule has 0 amide bonds. The lowest BCUT2D eigenvalue weighted by Crippen LogP contribution is -2.05. The van der Waals surface area contributed by atoms with Crippen LogP contribution >= 0.6 is 0 Å². The van der Waals surface area contributed by atoms with Crippen molar-refractivity contribution in [2.75, 3.05) is 11.9 Å². The summed E-state index contributed by atoms with van der Waals surface area (Å²) in [5, 5.41) is 14.1. The van der Waals surface area contributed by atoms with E-state index in [1.165, 1.54) is 5.56 Å². The quantitative estimate of drug-likeness (QED) is 0.491. The Labute approximate surface area is 118 Å². The van der Waals surface area contributed by atoms with Crippen molar-refractivity contribution in [1.29, 1.82) is 0 Å². The van der Waals surface area contributed by atoms with Gasteiger partial charge in [-0.2, -0.15) is 0 Å². The topological polar surface area (TPSA) is 55.2 Å². The maximum Gasteiger partial charge on any atom is 0.292 e. The molecule has 20 heavy (non-hydrogen) atoms. The van der Waals surface area contributed by atoms with E-state index in [4.69, 9.17) is 0 Å². The molecule has 0 saturated carbocycles. The van der Waals surface area contributed by atoms with Gasteiger partial charge in [0.05, 0.1) is 4.92 Å². The lowest BCUT2D eigenvalue weighted by atomic mass is 10.1. The number of nitrogens with zero attached hydrogens (tertiary/aromatic N) is 1. The van der Waals surface area contributed by atoms with Gasteiger partial charge in [0.15, 0.2) is 0 Å². The Bertz CT molecular complexity index is 582. The van der Waals surface area contributed by atoms with Crippen molar-refractivity contribution in [3.63, 3.8) is 0 Å². The van der Waals surface area contributed by atoms with Crippen molar-refractivity contribution in [3.8, 4) is 0 Å². The number of benzene rings is 2. The minimum Gasteiger partial charge on any atom is -0.379 e. The molecular weight excluding hydrogens is 252 g/mol. The summed E-state index contributed by atoms with van der Waals surface area (Å²) in [6.07, 6.45) is 1.91. The highest BCUT2D eigenvalue weighted by Crippen LogP contribution is 2.25. The standard InChI is InChI=1S/C16H18N2O2/c1-13-9-10-16(18(19)20)15(12-13)17-11-5-8-14-6-3-2-4-7-14/h2-4,6-7,9-10,12,17H,5,8,11H2,1H3. The molecule has 0 heterocycles. The first-order chi connectivity index (χ1) is 9.66. The zero-order valence-corrected chi connectivity index (χ0v) is 11.5. The zero-order chi connectivity index (χ0) is 14.4. The molecule has 104 valence electrons. The van der Waals surface area contributed by atoms with Gasteiger partial charge in [-0.05, 0) is 37.0 Å². The normalized spacial score (nSPS) is 10.2. The minimum atomic E-state index is -0.348. The Balaban J connectivity index is 1.91. The van der Waals surface area contributed by atoms with Gasteiger partial charge in [-0.15, -0.1) is 0 Å². The predicted molar refractivity (Wildman–Crippen MR) is 81.1 cm³/mol. The van der Waals surface area contributed by atoms with Crippen LogP contribution < -0.4 is 5.32 Å². The van der Waals surface area contributed by atoms with E-state index in [0.29, 0.717) is 5.69 Å². The van der Waals surface area contributed by atoms with Crippen molar-refractivity contribution >= 4 is 11.4 Å². The largest absolute Gasteiger partial charge is 0.379 e. The third-order valence-electron chi connectivity index (χ3n) is 3.15. The molecule has 0 aliphatic carbocycles. The van der Waals surface area contributed by atoms with Gasteiger partial charge >= 0.3 is 0 Å². The van der Waals surface area contributed by atoms with Gasteiger partial charge in [0.2, 0.25) is 0 Å². The number of hydrogen-bond acceptors (Lipinski definition) is 3. The number of aryl methyl sites for hydroxylation is 2. The van der Waals surface area contributed by atoms with Gasteiger partial charge in [0.25, 0.3) is 5.69 Å². The van der Waals surface area contributed by atoms with Crippen LogP contribution in [0.15, 0.2) is 48.5 Å². The lowest BCUT2D eigenvalue weighted by Gasteiger charge is -2.08. The molecular formula is C16H18N2O2. The molecule has 2 aromatic rings. The van der Waals surface area contributed by atoms with Crippen molar-refractivity contribution in [2.45, 2.75) is 19.8 Å². The van der Waals surface area contributed by atoms with Crippen LogP contribution in [-0.2, 0) is 6.42 Å². The van der Waals surface area contributed by atoms with Crippen LogP contribution in [0.5, 0.6) is 0 Å². The smallest absolute Gasteiger partial charge is 0.292 e. The fraction of sp³-hybridized carbons (Fsp3) is 0.250. The Kier molecular flexibility index (Phi) is 4.71. The molecule has 4 nitrogen and oxygen atoms in total. The summed E-state index contributed by atoms with van der Waals surface area (Å²) in [5.74, 6) is 0. The van der Waals surface area contributed by atoms with E-state index in [2.05, 4.69) is 17.4 Å². The van der Waals surface area contributed by atoms with Crippen molar-refractivity contribution in [3.05, 3.63) is 69.8 Å². The maximum absolute atomic E-state index is 11.0. The Morgan fingerprint density at radius 1 is 1.15 bits per heavy atom. The molecule has 0 aromatic heterocycles. The molecule has 2 aromatic carbocycles. The van der Waals surface area contributed by atoms with Crippen LogP contribution in [0.4, 0.5) is 11.4 Å². The van der Waals surface area contributed by atoms with Crippen molar-refractivity contribution < 1.29 is 4.92 Å². The number of anilines is 1. The van der Waals surface area contributed by atoms with E-state index in [0.717, 1.165) is 24.9 Å². The molecule has 0 atom stereocenters. The number of nitro groups is 1. The SMILES string of the molecule is Cc1ccc([N+](=O)[O-])c(NCCCc2ccccc2)c1. The highest BCUT2D eigenvalue weighted by Gasteiger charge is 2.12. The number of rotatable bonds is 6. The van der Waals surface area contributed by atoms with Gasteiger partial charge < -0.3 is 5.32 Å². The first-order valence-electron chi connectivity index (χ1n) is 6.69. The lowest BCUT2D eigenvalue weighted by molar-refractivity contribution is -0.384. The highest BCUT2D eigenvalue weighted by atomic mass is 16.6. The summed E-state index contributed by atoms with van der Waals surface area (Å²) >= 11 is 0. The van der Waals surface area contributed by atoms with E-state index in [1.54, 1.807) is 12.1 Å². The predicted octanol–water partition coefficient (Wildman–Crippen LogP) is 3.95. The summed E-state index contributed by atoms with van der Waals surface area (Å²) in [5.41, 5.74) is 3.03. The number of nitro benzene ring substituents is 1. The van der Waals surface area contributed by atoms with Crippen LogP contribution in [0, 0.1) is 17.0 Å². The summed E-state index contributed by atoms with van der Waals surface area (Å²) in [6.45, 7) is 2.65. The van der Waals surface area contributed by atoms with E-state index >= 15 is 0 Å². The summed E-state index contributed by atoms with van der Waals surface area (Å²) in [4.78, 5) is 10.6. The van der Waals surface area contributed by atoms with Gasteiger partial charge in [-0.3, -0.25) is 10.1 Å². The van der Waals surface area contributed by atoms with Crippen LogP contribution in [0.3, 0.4) is 0 Å². The molecule has 0 aliphatic heterocycles. The molecule has 0 aliphatic rings. The van der Waals surface area contributed by atoms with Gasteiger partial charge in [0.1, 0.15) is 5.69 Å². The fourth-order valence-corrected chi connectivity index (χ4v) is 2.11. The number of nitrogens with one attached hydrogen (secondary N) is 1. The second-order valence-electron chi connectivity index (χ2n) is 4.79. The molecule has 0 unspecified atom stereocenters. The zero-order valence-electron chi connectivity index (χ0n) is 11.5. The van der Waals surface area contributed by atoms with Gasteiger partial charge in [0, 0.05) is 12.6 Å². The molecule has 0 spiro atoms. The molecule has 0 bridgehead atoms. The van der Waals surface area contributed by atoms with Crippen molar-refractivity contribution in [2.24, 2.45) is 0 Å². The minimum absolute atomic E-state index is 0.135. The van der Waals surface area contributed by atoms with Gasteiger partial charge in [-0.25, -0.2) is 0 Å². The van der Waals surface area contributed by atoms with Crippen LogP contribution in [-0.4, -0.2) is 11.5 Å². The Morgan fingerprint density at radius 3 is 2.60 bits per heavy atom. The Hall–Kier alpha value is -2.36. The van der Waals surface area contributed by atoms with E-state index < -0.39 is 0 Å². The van der Waals surface area contributed by atoms with E-state index in [9.17, 15) is 10.1 Å². The van der Waals surface area contributed by atoms with Crippen LogP contribution in [0.1, 0.15) is 17.5 Å². The monoisotopic (exact) mass is 270 g/mol. The first-order valence-corrected chi connectivity index (χ1v) is 6.69. The van der Waals surface area contributed by atoms with Crippen LogP contribution in [0.2, 0.25) is 0 Å². The van der Waals surface area contributed by atoms with Gasteiger partial charge in [-0.1, -0.05) is 36.4 Å². The Morgan fingerprint density at radius 2 is 1.90 bits per heavy atom. The third-order valence-corrected chi connectivity index (χ3v) is 3.15. The number of hydrogen-bond donors (Lipinski definition) is 1. The maximum atomic E-state index is 11.0. The summed E-state index contributed by atoms with van der Waals surface area (Å²) in [7, 11) is 0. The molecule has 4 heteroatoms. The summed E-state index contributed by atoms with van der Waals surface area (Å²) < 4.78 is 0. The van der Waals surface area contributed by atoms with E-state index in [-0.39, 0.29) is 10.6 Å². The second-order valence-corrected chi connectivity index (χ2v) is 4.79. The highest BCUT2D eigenvalue weighted by molar-refractivity contribution is 5.62. The molecule has 0 fully saturated rings. The first kappa shape index (κ1) is 14.1. The average molecular weight is 270 g/mol. The third kappa shape index (κ3) is 3.82. The van der Waals surface area contributed by atoms with Crippen molar-refractivity contribution in [1.82, 2.24) is 0 Å². The summed E-state index contributed by atoms with van der Waals surface area (Å²) in [6, 6.07) is 15.4. The molecule has 1 N–H and O–H groups in total. The van der Waals surface area contributed by atoms with E-state index in [1.807, 2.05) is 31.2 Å². The molecule has 0 radical (unpaired) electrons. The molecule has 0 saturated heterocycles. The van der Waals surface area contributed by atoms with Crippen LogP contribution in [0.25, 0.3) is 0 Å². The second kappa shape index (κ2) is 6.70. The fourth-order valence-electron chi connectivity index (χ4n) is 2.11.